The van der Waals surface area contributed by atoms with E-state index in [1.807, 2.05) is 0 Å². The lowest BCUT2D eigenvalue weighted by atomic mass is 10.0. The summed E-state index contributed by atoms with van der Waals surface area (Å²) in [4.78, 5) is 16.7. The second-order valence-electron chi connectivity index (χ2n) is 4.54. The Morgan fingerprint density at radius 2 is 2.50 bits per heavy atom. The number of carboxylic acids is 1. The maximum atomic E-state index is 10.5. The van der Waals surface area contributed by atoms with Crippen molar-refractivity contribution in [2.75, 3.05) is 18.0 Å². The predicted octanol–water partition coefficient (Wildman–Crippen LogP) is 1.64. The van der Waals surface area contributed by atoms with Gasteiger partial charge in [-0.1, -0.05) is 0 Å². The van der Waals surface area contributed by atoms with E-state index in [0.29, 0.717) is 17.9 Å². The van der Waals surface area contributed by atoms with E-state index >= 15 is 0 Å². The maximum absolute atomic E-state index is 10.5. The van der Waals surface area contributed by atoms with E-state index in [1.165, 1.54) is 0 Å². The van der Waals surface area contributed by atoms with Gasteiger partial charge in [0.05, 0.1) is 17.4 Å². The third kappa shape index (κ3) is 2.77. The van der Waals surface area contributed by atoms with Crippen LogP contribution in [0, 0.1) is 17.2 Å². The molecule has 1 N–H and O–H groups in total. The van der Waals surface area contributed by atoms with Crippen LogP contribution >= 0.6 is 0 Å². The van der Waals surface area contributed by atoms with Crippen LogP contribution in [0.25, 0.3) is 0 Å². The Labute approximate surface area is 106 Å². The number of pyridine rings is 1. The highest BCUT2D eigenvalue weighted by molar-refractivity contribution is 5.66. The Kier molecular flexibility index (Phi) is 3.78. The van der Waals surface area contributed by atoms with Crippen LogP contribution in [0.3, 0.4) is 0 Å². The van der Waals surface area contributed by atoms with Crippen LogP contribution < -0.4 is 4.90 Å². The molecule has 2 heterocycles. The van der Waals surface area contributed by atoms with Gasteiger partial charge in [-0.3, -0.25) is 9.78 Å². The van der Waals surface area contributed by atoms with Crippen molar-refractivity contribution in [1.29, 1.82) is 5.26 Å². The first kappa shape index (κ1) is 12.4. The molecule has 1 fully saturated rings. The zero-order valence-corrected chi connectivity index (χ0v) is 10.0. The molecule has 2 rings (SSSR count). The first-order chi connectivity index (χ1) is 8.70. The molecular formula is C13H15N3O2. The largest absolute Gasteiger partial charge is 0.481 e. The van der Waals surface area contributed by atoms with Crippen molar-refractivity contribution in [3.63, 3.8) is 0 Å². The van der Waals surface area contributed by atoms with Crippen molar-refractivity contribution in [3.8, 4) is 6.07 Å². The van der Waals surface area contributed by atoms with Crippen LogP contribution in [0.2, 0.25) is 0 Å². The van der Waals surface area contributed by atoms with Gasteiger partial charge < -0.3 is 10.0 Å². The Balaban J connectivity index is 2.00. The molecule has 1 atom stereocenters. The molecule has 0 aromatic carbocycles. The van der Waals surface area contributed by atoms with E-state index in [0.717, 1.165) is 25.2 Å². The van der Waals surface area contributed by atoms with Gasteiger partial charge in [0.1, 0.15) is 6.07 Å². The quantitative estimate of drug-likeness (QED) is 0.872. The first-order valence-corrected chi connectivity index (χ1v) is 6.01. The molecule has 5 heteroatoms. The van der Waals surface area contributed by atoms with Crippen molar-refractivity contribution >= 4 is 11.7 Å². The third-order valence-corrected chi connectivity index (χ3v) is 3.31. The normalized spacial score (nSPS) is 18.6. The number of hydrogen-bond donors (Lipinski definition) is 1. The average Bonchev–Trinajstić information content (AvgIpc) is 2.85. The Morgan fingerprint density at radius 1 is 1.67 bits per heavy atom. The number of carboxylic acid groups (broad SMARTS) is 1. The molecule has 18 heavy (non-hydrogen) atoms. The van der Waals surface area contributed by atoms with Crippen molar-refractivity contribution in [3.05, 3.63) is 24.0 Å². The van der Waals surface area contributed by atoms with Gasteiger partial charge >= 0.3 is 5.97 Å². The molecular weight excluding hydrogens is 230 g/mol. The number of carbonyl (C=O) groups is 1. The highest BCUT2D eigenvalue weighted by atomic mass is 16.4. The summed E-state index contributed by atoms with van der Waals surface area (Å²) in [6.45, 7) is 1.68. The zero-order valence-electron chi connectivity index (χ0n) is 10.0. The number of rotatable bonds is 4. The van der Waals surface area contributed by atoms with Crippen molar-refractivity contribution < 1.29 is 9.90 Å². The topological polar surface area (TPSA) is 77.2 Å². The summed E-state index contributed by atoms with van der Waals surface area (Å²) in [5.41, 5.74) is 1.49. The number of hydrogen-bond acceptors (Lipinski definition) is 4. The zero-order chi connectivity index (χ0) is 13.0. The molecule has 1 saturated heterocycles. The van der Waals surface area contributed by atoms with Crippen molar-refractivity contribution in [2.24, 2.45) is 5.92 Å². The van der Waals surface area contributed by atoms with E-state index < -0.39 is 5.97 Å². The smallest absolute Gasteiger partial charge is 0.303 e. The average molecular weight is 245 g/mol. The van der Waals surface area contributed by atoms with E-state index in [-0.39, 0.29) is 6.42 Å². The second kappa shape index (κ2) is 5.50. The molecule has 1 aliphatic heterocycles. The number of aliphatic carboxylic acids is 1. The van der Waals surface area contributed by atoms with Gasteiger partial charge in [-0.15, -0.1) is 0 Å². The molecule has 0 amide bonds. The summed E-state index contributed by atoms with van der Waals surface area (Å²) < 4.78 is 0. The number of nitriles is 1. The molecule has 0 spiro atoms. The third-order valence-electron chi connectivity index (χ3n) is 3.31. The molecule has 5 nitrogen and oxygen atoms in total. The van der Waals surface area contributed by atoms with Crippen LogP contribution in [0.4, 0.5) is 5.69 Å². The summed E-state index contributed by atoms with van der Waals surface area (Å²) in [5.74, 6) is -0.347. The Bertz CT molecular complexity index is 481. The summed E-state index contributed by atoms with van der Waals surface area (Å²) in [5, 5.41) is 17.7. The standard InChI is InChI=1S/C13H15N3O2/c14-7-11-3-5-15-8-12(11)16-6-4-10(9-16)1-2-13(17)18/h3,5,8,10H,1-2,4,6,9H2,(H,17,18). The van der Waals surface area contributed by atoms with Gasteiger partial charge in [0.2, 0.25) is 0 Å². The number of nitrogens with zero attached hydrogens (tertiary/aromatic N) is 3. The van der Waals surface area contributed by atoms with Gasteiger partial charge in [-0.05, 0) is 24.8 Å². The maximum Gasteiger partial charge on any atom is 0.303 e. The molecule has 1 aliphatic rings. The summed E-state index contributed by atoms with van der Waals surface area (Å²) >= 11 is 0. The molecule has 1 aromatic heterocycles. The van der Waals surface area contributed by atoms with Crippen LogP contribution in [-0.4, -0.2) is 29.1 Å². The fourth-order valence-corrected chi connectivity index (χ4v) is 2.35. The van der Waals surface area contributed by atoms with Crippen LogP contribution in [0.15, 0.2) is 18.5 Å². The number of aromatic nitrogens is 1. The fourth-order valence-electron chi connectivity index (χ4n) is 2.35. The van der Waals surface area contributed by atoms with E-state index in [9.17, 15) is 4.79 Å². The van der Waals surface area contributed by atoms with E-state index in [4.69, 9.17) is 10.4 Å². The lowest BCUT2D eigenvalue weighted by molar-refractivity contribution is -0.137. The Hall–Kier alpha value is -2.09. The van der Waals surface area contributed by atoms with Gasteiger partial charge in [-0.2, -0.15) is 5.26 Å². The van der Waals surface area contributed by atoms with E-state index in [2.05, 4.69) is 16.0 Å². The number of anilines is 1. The van der Waals surface area contributed by atoms with Gasteiger partial charge in [0.15, 0.2) is 0 Å². The van der Waals surface area contributed by atoms with E-state index in [1.54, 1.807) is 18.5 Å². The van der Waals surface area contributed by atoms with Crippen LogP contribution in [-0.2, 0) is 4.79 Å². The minimum atomic E-state index is -0.743. The lowest BCUT2D eigenvalue weighted by Gasteiger charge is -2.19. The van der Waals surface area contributed by atoms with Crippen molar-refractivity contribution in [2.45, 2.75) is 19.3 Å². The second-order valence-corrected chi connectivity index (χ2v) is 4.54. The molecule has 0 radical (unpaired) electrons. The molecule has 94 valence electrons. The minimum Gasteiger partial charge on any atom is -0.481 e. The van der Waals surface area contributed by atoms with Gasteiger partial charge in [-0.25, -0.2) is 0 Å². The first-order valence-electron chi connectivity index (χ1n) is 6.01. The molecule has 1 aromatic rings. The summed E-state index contributed by atoms with van der Waals surface area (Å²) in [6, 6.07) is 3.87. The molecule has 0 bridgehead atoms. The monoisotopic (exact) mass is 245 g/mol. The lowest BCUT2D eigenvalue weighted by Crippen LogP contribution is -2.21. The van der Waals surface area contributed by atoms with Gasteiger partial charge in [0, 0.05) is 25.7 Å². The molecule has 0 saturated carbocycles. The highest BCUT2D eigenvalue weighted by Crippen LogP contribution is 2.28. The molecule has 1 unspecified atom stereocenters. The molecule has 0 aliphatic carbocycles. The van der Waals surface area contributed by atoms with Crippen LogP contribution in [0.5, 0.6) is 0 Å². The minimum absolute atomic E-state index is 0.219. The fraction of sp³-hybridized carbons (Fsp3) is 0.462. The van der Waals surface area contributed by atoms with Crippen molar-refractivity contribution in [1.82, 2.24) is 4.98 Å². The Morgan fingerprint density at radius 3 is 3.22 bits per heavy atom. The summed E-state index contributed by atoms with van der Waals surface area (Å²) in [6.07, 6.45) is 5.22. The van der Waals surface area contributed by atoms with Gasteiger partial charge in [0.25, 0.3) is 0 Å². The predicted molar refractivity (Wildman–Crippen MR) is 66.1 cm³/mol. The highest BCUT2D eigenvalue weighted by Gasteiger charge is 2.24. The summed E-state index contributed by atoms with van der Waals surface area (Å²) in [7, 11) is 0. The SMILES string of the molecule is N#Cc1ccncc1N1CCC(CCC(=O)O)C1. The van der Waals surface area contributed by atoms with Crippen LogP contribution in [0.1, 0.15) is 24.8 Å².